The first kappa shape index (κ1) is 6.06. The molecule has 0 amide bonds. The van der Waals surface area contributed by atoms with Crippen molar-refractivity contribution in [3.05, 3.63) is 0 Å². The Bertz CT molecular complexity index is 61.8. The molecule has 3 heteroatoms. The largest absolute Gasteiger partial charge is 0.349 e. The Morgan fingerprint density at radius 3 is 2.17 bits per heavy atom. The number of hydrogen-bond donors (Lipinski definition) is 1. The van der Waals surface area contributed by atoms with Crippen LogP contribution in [-0.4, -0.2) is 11.6 Å². The van der Waals surface area contributed by atoms with Gasteiger partial charge in [0.2, 0.25) is 5.52 Å². The first-order valence-corrected chi connectivity index (χ1v) is 2.34. The SMILES string of the molecule is CC([NH3+])C(=O)P. The van der Waals surface area contributed by atoms with Crippen LogP contribution in [0.2, 0.25) is 0 Å². The van der Waals surface area contributed by atoms with Crippen LogP contribution >= 0.6 is 9.24 Å². The van der Waals surface area contributed by atoms with E-state index in [0.29, 0.717) is 0 Å². The molecule has 0 bridgehead atoms. The molecule has 0 aliphatic carbocycles. The second-order valence-electron chi connectivity index (χ2n) is 1.30. The van der Waals surface area contributed by atoms with Crippen molar-refractivity contribution >= 4 is 14.8 Å². The molecule has 0 radical (unpaired) electrons. The molecule has 2 nitrogen and oxygen atoms in total. The third kappa shape index (κ3) is 2.31. The molecule has 0 spiro atoms. The Morgan fingerprint density at radius 1 is 2.00 bits per heavy atom. The van der Waals surface area contributed by atoms with Gasteiger partial charge in [-0.15, -0.1) is 0 Å². The number of rotatable bonds is 1. The summed E-state index contributed by atoms with van der Waals surface area (Å²) in [5, 5.41) is 0. The van der Waals surface area contributed by atoms with Crippen molar-refractivity contribution in [3.63, 3.8) is 0 Å². The molecule has 2 unspecified atom stereocenters. The third-order valence-electron chi connectivity index (χ3n) is 0.486. The molecule has 0 aliphatic rings. The topological polar surface area (TPSA) is 44.7 Å². The van der Waals surface area contributed by atoms with E-state index in [2.05, 4.69) is 15.0 Å². The lowest BCUT2D eigenvalue weighted by Gasteiger charge is -1.87. The maximum Gasteiger partial charge on any atom is 0.204 e. The van der Waals surface area contributed by atoms with Crippen LogP contribution in [0.4, 0.5) is 0 Å². The van der Waals surface area contributed by atoms with Crippen molar-refractivity contribution in [1.82, 2.24) is 0 Å². The summed E-state index contributed by atoms with van der Waals surface area (Å²) in [4.78, 5) is 10.0. The summed E-state index contributed by atoms with van der Waals surface area (Å²) in [5.41, 5.74) is 3.53. The number of carbonyl (C=O) groups excluding carboxylic acids is 1. The van der Waals surface area contributed by atoms with E-state index in [0.717, 1.165) is 0 Å². The average Bonchev–Trinajstić information content (AvgIpc) is 1.36. The van der Waals surface area contributed by atoms with Crippen LogP contribution in [0, 0.1) is 0 Å². The van der Waals surface area contributed by atoms with Crippen LogP contribution in [0.15, 0.2) is 0 Å². The van der Waals surface area contributed by atoms with Crippen molar-refractivity contribution in [2.75, 3.05) is 0 Å². The van der Waals surface area contributed by atoms with E-state index in [1.807, 2.05) is 0 Å². The predicted molar refractivity (Wildman–Crippen MR) is 27.1 cm³/mol. The van der Waals surface area contributed by atoms with Gasteiger partial charge in [0.05, 0.1) is 0 Å². The van der Waals surface area contributed by atoms with Gasteiger partial charge in [-0.05, 0) is 6.92 Å². The summed E-state index contributed by atoms with van der Waals surface area (Å²) < 4.78 is 0. The van der Waals surface area contributed by atoms with E-state index in [1.165, 1.54) is 0 Å². The first-order chi connectivity index (χ1) is 2.64. The van der Waals surface area contributed by atoms with Gasteiger partial charge < -0.3 is 5.73 Å². The predicted octanol–water partition coefficient (Wildman–Crippen LogP) is -0.982. The average molecular weight is 106 g/mol. The lowest BCUT2D eigenvalue weighted by molar-refractivity contribution is -0.395. The zero-order valence-corrected chi connectivity index (χ0v) is 4.92. The molecule has 0 saturated heterocycles. The van der Waals surface area contributed by atoms with E-state index in [4.69, 9.17) is 0 Å². The first-order valence-electron chi connectivity index (χ1n) is 1.77. The molecule has 0 aromatic heterocycles. The van der Waals surface area contributed by atoms with E-state index in [-0.39, 0.29) is 11.6 Å². The lowest BCUT2D eigenvalue weighted by atomic mass is 10.4. The van der Waals surface area contributed by atoms with Crippen LogP contribution in [-0.2, 0) is 4.79 Å². The molecule has 0 fully saturated rings. The summed E-state index contributed by atoms with van der Waals surface area (Å²) in [7, 11) is 2.07. The zero-order valence-electron chi connectivity index (χ0n) is 3.77. The van der Waals surface area contributed by atoms with Crippen molar-refractivity contribution in [3.8, 4) is 0 Å². The van der Waals surface area contributed by atoms with Gasteiger partial charge in [0, 0.05) is 0 Å². The summed E-state index contributed by atoms with van der Waals surface area (Å²) in [6.07, 6.45) is 0. The van der Waals surface area contributed by atoms with Gasteiger partial charge in [0.25, 0.3) is 0 Å². The number of hydrogen-bond acceptors (Lipinski definition) is 1. The van der Waals surface area contributed by atoms with Crippen LogP contribution in [0.5, 0.6) is 0 Å². The summed E-state index contributed by atoms with van der Waals surface area (Å²) in [5.74, 6) is 0. The van der Waals surface area contributed by atoms with E-state index < -0.39 is 0 Å². The molecule has 0 aromatic rings. The minimum absolute atomic E-state index is 0.0648. The highest BCUT2D eigenvalue weighted by Gasteiger charge is 2.00. The normalized spacial score (nSPS) is 13.8. The summed E-state index contributed by atoms with van der Waals surface area (Å²) in [6.45, 7) is 1.76. The number of carbonyl (C=O) groups is 1. The van der Waals surface area contributed by atoms with Gasteiger partial charge in [-0.2, -0.15) is 0 Å². The molecular weight excluding hydrogens is 97.0 g/mol. The Labute approximate surface area is 39.3 Å². The Hall–Kier alpha value is 0.0600. The van der Waals surface area contributed by atoms with Crippen molar-refractivity contribution in [2.24, 2.45) is 0 Å². The molecule has 0 aliphatic heterocycles. The fourth-order valence-corrected chi connectivity index (χ4v) is 0. The molecular formula is C3H9NOP+. The minimum atomic E-state index is -0.0741. The minimum Gasteiger partial charge on any atom is -0.349 e. The van der Waals surface area contributed by atoms with Gasteiger partial charge in [-0.1, -0.05) is 9.24 Å². The van der Waals surface area contributed by atoms with Crippen LogP contribution < -0.4 is 5.73 Å². The van der Waals surface area contributed by atoms with Crippen LogP contribution in [0.25, 0.3) is 0 Å². The fraction of sp³-hybridized carbons (Fsp3) is 0.667. The fourth-order valence-electron chi connectivity index (χ4n) is 0. The van der Waals surface area contributed by atoms with E-state index in [9.17, 15) is 4.79 Å². The third-order valence-corrected chi connectivity index (χ3v) is 1.05. The van der Waals surface area contributed by atoms with Crippen molar-refractivity contribution in [1.29, 1.82) is 0 Å². The Balaban J connectivity index is 3.26. The van der Waals surface area contributed by atoms with E-state index in [1.54, 1.807) is 6.92 Å². The standard InChI is InChI=1S/C3H8NOP/c1-2(4)3(5)6/h2H,4,6H2,1H3/p+1. The molecule has 6 heavy (non-hydrogen) atoms. The summed E-state index contributed by atoms with van der Waals surface area (Å²) >= 11 is 0. The molecule has 0 aromatic carbocycles. The highest BCUT2D eigenvalue weighted by molar-refractivity contribution is 7.40. The molecule has 0 saturated carbocycles. The number of quaternary nitrogens is 1. The maximum absolute atomic E-state index is 10.0. The highest BCUT2D eigenvalue weighted by Crippen LogP contribution is 1.84. The second-order valence-corrected chi connectivity index (χ2v) is 1.87. The molecule has 2 atom stereocenters. The Kier molecular flexibility index (Phi) is 2.29. The molecule has 0 rings (SSSR count). The van der Waals surface area contributed by atoms with Gasteiger partial charge in [-0.25, -0.2) is 0 Å². The lowest BCUT2D eigenvalue weighted by Crippen LogP contribution is -2.61. The van der Waals surface area contributed by atoms with Crippen LogP contribution in [0.3, 0.4) is 0 Å². The van der Waals surface area contributed by atoms with Gasteiger partial charge in [0.15, 0.2) is 0 Å². The second kappa shape index (κ2) is 2.27. The maximum atomic E-state index is 10.0. The highest BCUT2D eigenvalue weighted by atomic mass is 31.0. The molecule has 3 N–H and O–H groups in total. The van der Waals surface area contributed by atoms with Gasteiger partial charge in [-0.3, -0.25) is 4.79 Å². The van der Waals surface area contributed by atoms with Gasteiger partial charge >= 0.3 is 0 Å². The van der Waals surface area contributed by atoms with Gasteiger partial charge in [0.1, 0.15) is 6.04 Å². The zero-order chi connectivity index (χ0) is 5.15. The van der Waals surface area contributed by atoms with Crippen molar-refractivity contribution in [2.45, 2.75) is 13.0 Å². The molecule has 36 valence electrons. The summed E-state index contributed by atoms with van der Waals surface area (Å²) in [6, 6.07) is -0.0741. The van der Waals surface area contributed by atoms with E-state index >= 15 is 0 Å². The monoisotopic (exact) mass is 106 g/mol. The molecule has 0 heterocycles. The Morgan fingerprint density at radius 2 is 2.17 bits per heavy atom. The quantitative estimate of drug-likeness (QED) is 0.429. The smallest absolute Gasteiger partial charge is 0.204 e. The van der Waals surface area contributed by atoms with Crippen molar-refractivity contribution < 1.29 is 10.5 Å². The van der Waals surface area contributed by atoms with Crippen LogP contribution in [0.1, 0.15) is 6.92 Å².